The summed E-state index contributed by atoms with van der Waals surface area (Å²) in [6.45, 7) is -1.24. The first-order chi connectivity index (χ1) is 6.54. The molecule has 0 heterocycles. The molecular formula is C6H12N2O6Zn. The number of carboxylic acids is 2. The van der Waals surface area contributed by atoms with Gasteiger partial charge in [-0.05, 0) is 0 Å². The van der Waals surface area contributed by atoms with Crippen LogP contribution in [0.2, 0.25) is 0 Å². The topological polar surface area (TPSA) is 145 Å². The van der Waals surface area contributed by atoms with Gasteiger partial charge >= 0.3 is 19.5 Å². The van der Waals surface area contributed by atoms with Crippen molar-refractivity contribution in [2.75, 3.05) is 26.6 Å². The van der Waals surface area contributed by atoms with Gasteiger partial charge in [-0.1, -0.05) is 0 Å². The Morgan fingerprint density at radius 1 is 0.933 bits per heavy atom. The molecule has 0 atom stereocenters. The molecule has 9 heteroatoms. The molecule has 0 saturated carbocycles. The van der Waals surface area contributed by atoms with Crippen LogP contribution >= 0.6 is 0 Å². The van der Waals surface area contributed by atoms with Crippen LogP contribution in [0.4, 0.5) is 0 Å². The molecule has 0 fully saturated rings. The summed E-state index contributed by atoms with van der Waals surface area (Å²) in [5.74, 6) is -2.43. The van der Waals surface area contributed by atoms with Crippen LogP contribution in [0.15, 0.2) is 0 Å². The Morgan fingerprint density at radius 2 is 1.20 bits per heavy atom. The van der Waals surface area contributed by atoms with Crippen molar-refractivity contribution >= 4 is 11.9 Å². The molecule has 8 nitrogen and oxygen atoms in total. The van der Waals surface area contributed by atoms with Gasteiger partial charge in [-0.25, -0.2) is 0 Å². The molecule has 0 unspecified atom stereocenters. The van der Waals surface area contributed by atoms with E-state index in [9.17, 15) is 19.8 Å². The predicted molar refractivity (Wildman–Crippen MR) is 40.2 cm³/mol. The Hall–Kier alpha value is -0.597. The van der Waals surface area contributed by atoms with Crippen LogP contribution < -0.4 is 20.8 Å². The van der Waals surface area contributed by atoms with Crippen LogP contribution in [0.25, 0.3) is 0 Å². The van der Waals surface area contributed by atoms with Crippen molar-refractivity contribution < 1.29 is 49.5 Å². The van der Waals surface area contributed by atoms with Gasteiger partial charge < -0.3 is 30.0 Å². The number of hydrogen-bond acceptors (Lipinski definition) is 8. The number of rotatable bonds is 6. The molecule has 0 aliphatic heterocycles. The minimum atomic E-state index is -1.21. The summed E-state index contributed by atoms with van der Waals surface area (Å²) in [6, 6.07) is 0. The van der Waals surface area contributed by atoms with E-state index in [2.05, 4.69) is 10.6 Å². The Labute approximate surface area is 99.1 Å². The van der Waals surface area contributed by atoms with E-state index in [1.807, 2.05) is 0 Å². The van der Waals surface area contributed by atoms with Crippen molar-refractivity contribution in [2.24, 2.45) is 0 Å². The molecule has 0 spiro atoms. The molecule has 0 saturated heterocycles. The van der Waals surface area contributed by atoms with Crippen molar-refractivity contribution in [1.82, 2.24) is 10.6 Å². The summed E-state index contributed by atoms with van der Waals surface area (Å²) >= 11 is 0. The Morgan fingerprint density at radius 3 is 1.27 bits per heavy atom. The Bertz CT molecular complexity index is 150. The van der Waals surface area contributed by atoms with Gasteiger partial charge in [-0.2, -0.15) is 0 Å². The van der Waals surface area contributed by atoms with Gasteiger partial charge in [0.25, 0.3) is 0 Å². The number of hydrogen-bond donors (Lipinski definition) is 4. The number of carbonyl (C=O) groups excluding carboxylic acids is 2. The second kappa shape index (κ2) is 15.9. The van der Waals surface area contributed by atoms with Crippen LogP contribution in [0.3, 0.4) is 0 Å². The smallest absolute Gasteiger partial charge is 0.549 e. The SMILES string of the molecule is O=C([O-])CNCO.O=C([O-])CNCO.[Zn+2]. The van der Waals surface area contributed by atoms with Crippen LogP contribution in [-0.4, -0.2) is 48.7 Å². The molecule has 0 aromatic rings. The standard InChI is InChI=1S/2C3H7NO3.Zn/c2*5-2-4-1-3(6)7;/h2*4-5H,1-2H2,(H,6,7);/q;;+2/p-2. The first kappa shape index (κ1) is 19.9. The van der Waals surface area contributed by atoms with E-state index in [0.29, 0.717) is 0 Å². The maximum absolute atomic E-state index is 9.47. The summed E-state index contributed by atoms with van der Waals surface area (Å²) in [4.78, 5) is 18.9. The average Bonchev–Trinajstić information content (AvgIpc) is 2.12. The minimum absolute atomic E-state index is 0. The number of nitrogens with one attached hydrogen (secondary N) is 2. The molecule has 84 valence electrons. The molecule has 0 amide bonds. The van der Waals surface area contributed by atoms with E-state index in [1.54, 1.807) is 0 Å². The van der Waals surface area contributed by atoms with Crippen molar-refractivity contribution in [1.29, 1.82) is 0 Å². The molecule has 0 aliphatic carbocycles. The molecule has 0 rings (SSSR count). The molecule has 4 N–H and O–H groups in total. The van der Waals surface area contributed by atoms with Crippen LogP contribution in [0.5, 0.6) is 0 Å². The van der Waals surface area contributed by atoms with E-state index in [4.69, 9.17) is 10.2 Å². The molecule has 0 aromatic heterocycles. The Kier molecular flexibility index (Phi) is 21.0. The second-order valence-electron chi connectivity index (χ2n) is 1.91. The second-order valence-corrected chi connectivity index (χ2v) is 1.91. The van der Waals surface area contributed by atoms with Crippen molar-refractivity contribution in [2.45, 2.75) is 0 Å². The monoisotopic (exact) mass is 272 g/mol. The van der Waals surface area contributed by atoms with Crippen molar-refractivity contribution in [3.8, 4) is 0 Å². The summed E-state index contributed by atoms with van der Waals surface area (Å²) < 4.78 is 0. The summed E-state index contributed by atoms with van der Waals surface area (Å²) in [7, 11) is 0. The number of aliphatic carboxylic acids is 2. The zero-order chi connectivity index (χ0) is 11.4. The first-order valence-corrected chi connectivity index (χ1v) is 3.57. The number of aliphatic hydroxyl groups is 2. The fraction of sp³-hybridized carbons (Fsp3) is 0.667. The molecule has 15 heavy (non-hydrogen) atoms. The number of carboxylic acid groups (broad SMARTS) is 2. The van der Waals surface area contributed by atoms with Gasteiger partial charge in [0.2, 0.25) is 0 Å². The summed E-state index contributed by atoms with van der Waals surface area (Å²) in [6.07, 6.45) is 0. The van der Waals surface area contributed by atoms with E-state index < -0.39 is 11.9 Å². The molecular weight excluding hydrogens is 261 g/mol. The number of carbonyl (C=O) groups is 2. The fourth-order valence-electron chi connectivity index (χ4n) is 0.316. The molecule has 0 aliphatic rings. The maximum atomic E-state index is 9.47. The van der Waals surface area contributed by atoms with Gasteiger partial charge in [0.05, 0.1) is 25.4 Å². The number of aliphatic hydroxyl groups excluding tert-OH is 2. The van der Waals surface area contributed by atoms with Gasteiger partial charge in [0, 0.05) is 13.1 Å². The van der Waals surface area contributed by atoms with Crippen molar-refractivity contribution in [3.05, 3.63) is 0 Å². The van der Waals surface area contributed by atoms with Gasteiger partial charge in [0.1, 0.15) is 0 Å². The molecule has 0 radical (unpaired) electrons. The normalized spacial score (nSPS) is 8.13. The quantitative estimate of drug-likeness (QED) is 0.277. The minimum Gasteiger partial charge on any atom is -0.549 e. The average molecular weight is 274 g/mol. The first-order valence-electron chi connectivity index (χ1n) is 3.57. The third-order valence-electron chi connectivity index (χ3n) is 0.762. The molecule has 0 aromatic carbocycles. The third-order valence-corrected chi connectivity index (χ3v) is 0.762. The summed E-state index contributed by atoms with van der Waals surface area (Å²) in [5.41, 5.74) is 0. The summed E-state index contributed by atoms with van der Waals surface area (Å²) in [5, 5.41) is 39.1. The van der Waals surface area contributed by atoms with E-state index >= 15 is 0 Å². The maximum Gasteiger partial charge on any atom is 2.00 e. The van der Waals surface area contributed by atoms with Gasteiger partial charge in [0.15, 0.2) is 0 Å². The Balaban J connectivity index is -0.000000180. The van der Waals surface area contributed by atoms with E-state index in [-0.39, 0.29) is 46.0 Å². The van der Waals surface area contributed by atoms with E-state index in [1.165, 1.54) is 0 Å². The third kappa shape index (κ3) is 31.8. The van der Waals surface area contributed by atoms with Crippen LogP contribution in [0, 0.1) is 0 Å². The van der Waals surface area contributed by atoms with Crippen LogP contribution in [-0.2, 0) is 29.1 Å². The van der Waals surface area contributed by atoms with Crippen molar-refractivity contribution in [3.63, 3.8) is 0 Å². The molecule has 0 bridgehead atoms. The fourth-order valence-corrected chi connectivity index (χ4v) is 0.316. The zero-order valence-electron chi connectivity index (χ0n) is 8.06. The van der Waals surface area contributed by atoms with Crippen LogP contribution in [0.1, 0.15) is 0 Å². The van der Waals surface area contributed by atoms with Gasteiger partial charge in [-0.3, -0.25) is 10.6 Å². The van der Waals surface area contributed by atoms with E-state index in [0.717, 1.165) is 0 Å². The van der Waals surface area contributed by atoms with Gasteiger partial charge in [-0.15, -0.1) is 0 Å². The zero-order valence-corrected chi connectivity index (χ0v) is 11.0. The predicted octanol–water partition coefficient (Wildman–Crippen LogP) is -5.45. The largest absolute Gasteiger partial charge is 2.00 e.